The molecule has 0 atom stereocenters. The number of hydrogen-bond donors (Lipinski definition) is 0. The van der Waals surface area contributed by atoms with E-state index >= 15 is 0 Å². The Morgan fingerprint density at radius 2 is 1.67 bits per heavy atom. The molecule has 1 aromatic rings. The monoisotopic (exact) mass is 243 g/mol. The summed E-state index contributed by atoms with van der Waals surface area (Å²) in [5.74, 6) is 0. The average molecular weight is 243 g/mol. The Morgan fingerprint density at radius 3 is 2.00 bits per heavy atom. The third-order valence-electron chi connectivity index (χ3n) is 1.76. The van der Waals surface area contributed by atoms with E-state index < -0.39 is 15.1 Å². The molecular formula is C8H6F5NS. The maximum absolute atomic E-state index is 12.3. The highest BCUT2D eigenvalue weighted by atomic mass is 32.5. The topological polar surface area (TPSA) is 23.8 Å². The number of rotatable bonds is 1. The van der Waals surface area contributed by atoms with E-state index in [1.54, 1.807) is 6.07 Å². The zero-order valence-corrected chi connectivity index (χ0v) is 8.29. The molecule has 0 unspecified atom stereocenters. The second-order valence-electron chi connectivity index (χ2n) is 3.06. The van der Waals surface area contributed by atoms with Crippen LogP contribution in [0.2, 0.25) is 0 Å². The molecule has 0 aliphatic heterocycles. The zero-order valence-electron chi connectivity index (χ0n) is 7.48. The predicted octanol–water partition coefficient (Wildman–Crippen LogP) is 4.52. The lowest BCUT2D eigenvalue weighted by Gasteiger charge is -2.40. The predicted molar refractivity (Wildman–Crippen MR) is 47.3 cm³/mol. The molecule has 7 heteroatoms. The summed E-state index contributed by atoms with van der Waals surface area (Å²) in [7, 11) is -9.61. The third kappa shape index (κ3) is 2.59. The quantitative estimate of drug-likeness (QED) is 0.665. The smallest absolute Gasteiger partial charge is 0.192 e. The molecule has 1 aromatic carbocycles. The van der Waals surface area contributed by atoms with E-state index in [2.05, 4.69) is 0 Å². The van der Waals surface area contributed by atoms with Crippen LogP contribution < -0.4 is 0 Å². The molecule has 15 heavy (non-hydrogen) atoms. The van der Waals surface area contributed by atoms with Gasteiger partial charge in [0, 0.05) is 0 Å². The van der Waals surface area contributed by atoms with Crippen molar-refractivity contribution in [2.75, 3.05) is 0 Å². The molecule has 0 saturated carbocycles. The second kappa shape index (κ2) is 2.44. The van der Waals surface area contributed by atoms with E-state index in [1.807, 2.05) is 0 Å². The minimum absolute atomic E-state index is 0.0550. The van der Waals surface area contributed by atoms with Crippen molar-refractivity contribution in [3.05, 3.63) is 29.3 Å². The van der Waals surface area contributed by atoms with Crippen molar-refractivity contribution in [2.45, 2.75) is 11.8 Å². The van der Waals surface area contributed by atoms with Crippen molar-refractivity contribution in [1.29, 1.82) is 5.26 Å². The van der Waals surface area contributed by atoms with E-state index in [0.29, 0.717) is 6.07 Å². The number of nitriles is 1. The Balaban J connectivity index is 3.47. The minimum Gasteiger partial charge on any atom is -0.192 e. The van der Waals surface area contributed by atoms with Gasteiger partial charge in [-0.25, -0.2) is 0 Å². The fourth-order valence-corrected chi connectivity index (χ4v) is 1.73. The van der Waals surface area contributed by atoms with Crippen molar-refractivity contribution in [3.8, 4) is 6.07 Å². The summed E-state index contributed by atoms with van der Waals surface area (Å²) in [5, 5.41) is 8.43. The lowest BCUT2D eigenvalue weighted by atomic mass is 10.1. The van der Waals surface area contributed by atoms with Crippen LogP contribution in [0.3, 0.4) is 0 Å². The van der Waals surface area contributed by atoms with Crippen LogP contribution in [-0.2, 0) is 0 Å². The van der Waals surface area contributed by atoms with Gasteiger partial charge in [0.05, 0.1) is 11.6 Å². The maximum Gasteiger partial charge on any atom is 0.310 e. The van der Waals surface area contributed by atoms with Crippen LogP contribution in [0.5, 0.6) is 0 Å². The normalized spacial score (nSPS) is 16.3. The van der Waals surface area contributed by atoms with Crippen LogP contribution >= 0.6 is 10.2 Å². The molecule has 0 N–H and O–H groups in total. The van der Waals surface area contributed by atoms with Gasteiger partial charge in [0.2, 0.25) is 0 Å². The number of halogens is 5. The van der Waals surface area contributed by atoms with Crippen molar-refractivity contribution in [3.63, 3.8) is 0 Å². The fourth-order valence-electron chi connectivity index (χ4n) is 1.00. The van der Waals surface area contributed by atoms with Crippen LogP contribution in [0.15, 0.2) is 23.1 Å². The van der Waals surface area contributed by atoms with E-state index in [4.69, 9.17) is 5.26 Å². The highest BCUT2D eigenvalue weighted by molar-refractivity contribution is 8.45. The van der Waals surface area contributed by atoms with Crippen LogP contribution in [0.25, 0.3) is 0 Å². The number of benzene rings is 1. The third-order valence-corrected chi connectivity index (χ3v) is 2.91. The molecule has 0 aliphatic rings. The number of aryl methyl sites for hydroxylation is 1. The molecule has 0 radical (unpaired) electrons. The van der Waals surface area contributed by atoms with Gasteiger partial charge in [0.15, 0.2) is 0 Å². The van der Waals surface area contributed by atoms with Crippen LogP contribution in [-0.4, -0.2) is 0 Å². The first kappa shape index (κ1) is 11.8. The van der Waals surface area contributed by atoms with Crippen LogP contribution in [0, 0.1) is 18.3 Å². The maximum atomic E-state index is 12.3. The van der Waals surface area contributed by atoms with Gasteiger partial charge >= 0.3 is 10.2 Å². The SMILES string of the molecule is Cc1cc(S(F)(F)(F)(F)F)ccc1C#N. The molecule has 1 rings (SSSR count). The van der Waals surface area contributed by atoms with Gasteiger partial charge in [-0.1, -0.05) is 19.4 Å². The molecule has 84 valence electrons. The van der Waals surface area contributed by atoms with Crippen molar-refractivity contribution in [1.82, 2.24) is 0 Å². The Labute approximate surface area is 82.9 Å². The summed E-state index contributed by atoms with van der Waals surface area (Å²) in [4.78, 5) is -1.97. The number of nitrogens with zero attached hydrogens (tertiary/aromatic N) is 1. The molecule has 0 amide bonds. The van der Waals surface area contributed by atoms with Gasteiger partial charge < -0.3 is 0 Å². The minimum atomic E-state index is -9.61. The highest BCUT2D eigenvalue weighted by Gasteiger charge is 2.65. The largest absolute Gasteiger partial charge is 0.310 e. The van der Waals surface area contributed by atoms with Gasteiger partial charge in [-0.15, -0.1) is 0 Å². The Kier molecular flexibility index (Phi) is 1.92. The summed E-state index contributed by atoms with van der Waals surface area (Å²) >= 11 is 0. The molecule has 0 aliphatic carbocycles. The van der Waals surface area contributed by atoms with Crippen molar-refractivity contribution in [2.24, 2.45) is 0 Å². The Bertz CT molecular complexity index is 455. The van der Waals surface area contributed by atoms with E-state index in [0.717, 1.165) is 6.07 Å². The fraction of sp³-hybridized carbons (Fsp3) is 0.125. The molecule has 0 aromatic heterocycles. The van der Waals surface area contributed by atoms with E-state index in [1.165, 1.54) is 6.92 Å². The molecule has 1 nitrogen and oxygen atoms in total. The summed E-state index contributed by atoms with van der Waals surface area (Å²) in [6.45, 7) is 1.17. The molecule has 0 fully saturated rings. The Hall–Kier alpha value is -1.29. The standard InChI is InChI=1S/C8H6F5NS/c1-6-4-8(3-2-7(6)5-14)15(9,10,11,12)13/h2-4H,1H3. The van der Waals surface area contributed by atoms with E-state index in [-0.39, 0.29) is 17.2 Å². The summed E-state index contributed by atoms with van der Waals surface area (Å²) in [6.07, 6.45) is 0. The van der Waals surface area contributed by atoms with Gasteiger partial charge in [-0.05, 0) is 30.7 Å². The first-order valence-electron chi connectivity index (χ1n) is 3.69. The average Bonchev–Trinajstić information content (AvgIpc) is 2.00. The van der Waals surface area contributed by atoms with Crippen LogP contribution in [0.1, 0.15) is 11.1 Å². The summed E-state index contributed by atoms with van der Waals surface area (Å²) < 4.78 is 61.4. The first-order valence-corrected chi connectivity index (χ1v) is 5.64. The zero-order chi connectivity index (χ0) is 12.0. The second-order valence-corrected chi connectivity index (χ2v) is 5.47. The lowest BCUT2D eigenvalue weighted by molar-refractivity contribution is 0.364. The first-order chi connectivity index (χ1) is 6.44. The van der Waals surface area contributed by atoms with E-state index in [9.17, 15) is 19.4 Å². The van der Waals surface area contributed by atoms with Crippen molar-refractivity contribution >= 4 is 10.2 Å². The van der Waals surface area contributed by atoms with Crippen molar-refractivity contribution < 1.29 is 19.4 Å². The van der Waals surface area contributed by atoms with Gasteiger partial charge in [0.1, 0.15) is 4.90 Å². The van der Waals surface area contributed by atoms with Gasteiger partial charge in [-0.2, -0.15) is 5.26 Å². The molecule has 0 heterocycles. The summed E-state index contributed by atoms with van der Waals surface area (Å²) in [5.41, 5.74) is -0.177. The Morgan fingerprint density at radius 1 is 1.13 bits per heavy atom. The molecular weight excluding hydrogens is 237 g/mol. The highest BCUT2D eigenvalue weighted by Crippen LogP contribution is 3.02. The summed E-state index contributed by atoms with van der Waals surface area (Å²) in [6, 6.07) is 2.86. The molecule has 0 saturated heterocycles. The molecule has 0 spiro atoms. The lowest BCUT2D eigenvalue weighted by Crippen LogP contribution is -2.06. The van der Waals surface area contributed by atoms with Crippen LogP contribution in [0.4, 0.5) is 19.4 Å². The van der Waals surface area contributed by atoms with Gasteiger partial charge in [0.25, 0.3) is 0 Å². The van der Waals surface area contributed by atoms with Gasteiger partial charge in [-0.3, -0.25) is 0 Å². The number of hydrogen-bond acceptors (Lipinski definition) is 1. The molecule has 0 bridgehead atoms.